The summed E-state index contributed by atoms with van der Waals surface area (Å²) in [6, 6.07) is 7.59. The number of aliphatic carboxylic acids is 1. The second-order valence-electron chi connectivity index (χ2n) is 6.38. The van der Waals surface area contributed by atoms with Gasteiger partial charge in [0.05, 0.1) is 4.91 Å². The van der Waals surface area contributed by atoms with Crippen LogP contribution in [0.4, 0.5) is 0 Å². The van der Waals surface area contributed by atoms with Gasteiger partial charge >= 0.3 is 5.97 Å². The van der Waals surface area contributed by atoms with Crippen molar-refractivity contribution in [2.24, 2.45) is 0 Å². The highest BCUT2D eigenvalue weighted by Gasteiger charge is 2.33. The molecule has 7 heteroatoms. The van der Waals surface area contributed by atoms with Gasteiger partial charge in [0.2, 0.25) is 0 Å². The SMILES string of the molecule is C#CC#CC#CC1\C(=C/C=C(C)/C=C2\SC(=S)N(CC(=O)O)C2=O)Oc2ccccc21. The fourth-order valence-electron chi connectivity index (χ4n) is 2.85. The largest absolute Gasteiger partial charge is 0.480 e. The van der Waals surface area contributed by atoms with Crippen molar-refractivity contribution < 1.29 is 19.4 Å². The van der Waals surface area contributed by atoms with Crippen LogP contribution in [-0.4, -0.2) is 32.7 Å². The van der Waals surface area contributed by atoms with Crippen LogP contribution >= 0.6 is 24.0 Å². The van der Waals surface area contributed by atoms with Gasteiger partial charge in [-0.3, -0.25) is 14.5 Å². The van der Waals surface area contributed by atoms with Gasteiger partial charge in [-0.2, -0.15) is 0 Å². The number of para-hydroxylation sites is 1. The van der Waals surface area contributed by atoms with Crippen LogP contribution in [-0.2, 0) is 9.59 Å². The van der Waals surface area contributed by atoms with E-state index >= 15 is 0 Å². The van der Waals surface area contributed by atoms with Crippen LogP contribution in [0.5, 0.6) is 5.75 Å². The normalized spacial score (nSPS) is 19.8. The number of carboxylic acid groups (broad SMARTS) is 1. The molecule has 1 atom stereocenters. The number of thioether (sulfide) groups is 1. The number of benzene rings is 1. The van der Waals surface area contributed by atoms with E-state index in [1.165, 1.54) is 0 Å². The van der Waals surface area contributed by atoms with Crippen molar-refractivity contribution in [3.63, 3.8) is 0 Å². The van der Waals surface area contributed by atoms with Crippen molar-refractivity contribution in [1.29, 1.82) is 0 Å². The molecule has 0 radical (unpaired) electrons. The molecule has 31 heavy (non-hydrogen) atoms. The maximum atomic E-state index is 12.4. The van der Waals surface area contributed by atoms with E-state index in [1.807, 2.05) is 31.2 Å². The minimum atomic E-state index is -1.12. The lowest BCUT2D eigenvalue weighted by atomic mass is 9.99. The minimum Gasteiger partial charge on any atom is -0.480 e. The van der Waals surface area contributed by atoms with Gasteiger partial charge in [0.1, 0.15) is 28.3 Å². The molecule has 0 aromatic heterocycles. The van der Waals surface area contributed by atoms with E-state index in [9.17, 15) is 9.59 Å². The van der Waals surface area contributed by atoms with E-state index in [-0.39, 0.29) is 10.2 Å². The Labute approximate surface area is 189 Å². The molecule has 1 fully saturated rings. The van der Waals surface area contributed by atoms with Crippen LogP contribution in [0, 0.1) is 36.0 Å². The molecule has 1 N–H and O–H groups in total. The molecular formula is C24H15NO4S2. The fraction of sp³-hybridized carbons (Fsp3) is 0.125. The van der Waals surface area contributed by atoms with Crippen molar-refractivity contribution in [2.45, 2.75) is 12.8 Å². The van der Waals surface area contributed by atoms with Crippen molar-refractivity contribution in [2.75, 3.05) is 6.54 Å². The summed E-state index contributed by atoms with van der Waals surface area (Å²) in [5.41, 5.74) is 1.70. The molecule has 5 nitrogen and oxygen atoms in total. The maximum Gasteiger partial charge on any atom is 0.323 e. The second kappa shape index (κ2) is 9.87. The van der Waals surface area contributed by atoms with Gasteiger partial charge in [-0.05, 0) is 54.4 Å². The molecular weight excluding hydrogens is 430 g/mol. The molecule has 152 valence electrons. The average molecular weight is 446 g/mol. The summed E-state index contributed by atoms with van der Waals surface area (Å²) in [5.74, 6) is 12.6. The first-order valence-electron chi connectivity index (χ1n) is 8.99. The molecule has 0 bridgehead atoms. The summed E-state index contributed by atoms with van der Waals surface area (Å²) in [6.45, 7) is 1.37. The van der Waals surface area contributed by atoms with Crippen LogP contribution in [0.15, 0.2) is 58.7 Å². The zero-order valence-corrected chi connectivity index (χ0v) is 18.0. The summed E-state index contributed by atoms with van der Waals surface area (Å²) < 4.78 is 6.16. The Kier molecular flexibility index (Phi) is 7.00. The quantitative estimate of drug-likeness (QED) is 0.435. The molecule has 2 aliphatic rings. The number of carbonyl (C=O) groups excluding carboxylic acids is 1. The molecule has 1 unspecified atom stereocenters. The number of nitrogens with zero attached hydrogens (tertiary/aromatic N) is 1. The van der Waals surface area contributed by atoms with Gasteiger partial charge in [0, 0.05) is 5.56 Å². The lowest BCUT2D eigenvalue weighted by molar-refractivity contribution is -0.140. The second-order valence-corrected chi connectivity index (χ2v) is 8.05. The Bertz CT molecular complexity index is 1230. The Hall–Kier alpha value is -3.70. The number of rotatable bonds is 4. The molecule has 0 aliphatic carbocycles. The first-order chi connectivity index (χ1) is 14.9. The Morgan fingerprint density at radius 1 is 1.35 bits per heavy atom. The van der Waals surface area contributed by atoms with Crippen LogP contribution in [0.1, 0.15) is 18.4 Å². The Morgan fingerprint density at radius 2 is 2.13 bits per heavy atom. The third-order valence-electron chi connectivity index (χ3n) is 4.19. The van der Waals surface area contributed by atoms with Crippen LogP contribution in [0.2, 0.25) is 0 Å². The number of ether oxygens (including phenoxy) is 1. The number of carboxylic acids is 1. The molecule has 1 aromatic rings. The number of terminal acetylenes is 1. The Morgan fingerprint density at radius 3 is 2.87 bits per heavy atom. The highest BCUT2D eigenvalue weighted by Crippen LogP contribution is 2.40. The van der Waals surface area contributed by atoms with E-state index in [1.54, 1.807) is 18.2 Å². The molecule has 1 aromatic carbocycles. The van der Waals surface area contributed by atoms with Crippen molar-refractivity contribution in [3.05, 3.63) is 64.3 Å². The molecule has 1 amide bonds. The number of hydrogen-bond acceptors (Lipinski definition) is 5. The third-order valence-corrected chi connectivity index (χ3v) is 5.57. The van der Waals surface area contributed by atoms with Gasteiger partial charge < -0.3 is 9.84 Å². The van der Waals surface area contributed by atoms with Crippen molar-refractivity contribution >= 4 is 40.2 Å². The predicted octanol–water partition coefficient (Wildman–Crippen LogP) is 3.46. The monoisotopic (exact) mass is 445 g/mol. The highest BCUT2D eigenvalue weighted by atomic mass is 32.2. The first kappa shape index (κ1) is 22.0. The molecule has 1 saturated heterocycles. The molecule has 2 aliphatic heterocycles. The topological polar surface area (TPSA) is 66.8 Å². The number of fused-ring (bicyclic) bond motifs is 1. The zero-order valence-electron chi connectivity index (χ0n) is 16.3. The molecule has 2 heterocycles. The smallest absolute Gasteiger partial charge is 0.323 e. The minimum absolute atomic E-state index is 0.225. The Balaban J connectivity index is 1.85. The number of amides is 1. The van der Waals surface area contributed by atoms with Gasteiger partial charge in [0.25, 0.3) is 5.91 Å². The van der Waals surface area contributed by atoms with Crippen LogP contribution in [0.3, 0.4) is 0 Å². The van der Waals surface area contributed by atoms with E-state index in [0.717, 1.165) is 33.5 Å². The fourth-order valence-corrected chi connectivity index (χ4v) is 4.15. The molecule has 3 rings (SSSR count). The summed E-state index contributed by atoms with van der Waals surface area (Å²) in [7, 11) is 0. The number of thiocarbonyl (C=S) groups is 1. The number of carbonyl (C=O) groups is 2. The van der Waals surface area contributed by atoms with E-state index in [0.29, 0.717) is 10.7 Å². The number of hydrogen-bond donors (Lipinski definition) is 1. The molecule has 0 saturated carbocycles. The lowest BCUT2D eigenvalue weighted by Gasteiger charge is -2.10. The highest BCUT2D eigenvalue weighted by molar-refractivity contribution is 8.26. The summed E-state index contributed by atoms with van der Waals surface area (Å²) in [5, 5.41) is 8.93. The first-order valence-corrected chi connectivity index (χ1v) is 10.2. The van der Waals surface area contributed by atoms with Crippen molar-refractivity contribution in [3.8, 4) is 41.8 Å². The van der Waals surface area contributed by atoms with Gasteiger partial charge in [-0.25, -0.2) is 0 Å². The zero-order chi connectivity index (χ0) is 22.4. The summed E-state index contributed by atoms with van der Waals surface area (Å²) in [4.78, 5) is 24.7. The average Bonchev–Trinajstić information content (AvgIpc) is 3.21. The maximum absolute atomic E-state index is 12.4. The van der Waals surface area contributed by atoms with Crippen LogP contribution < -0.4 is 4.74 Å². The predicted molar refractivity (Wildman–Crippen MR) is 124 cm³/mol. The standard InChI is InChI=1S/C24H15NO4S2/c1-3-4-5-6-9-18-17-10-7-8-11-19(17)29-20(18)13-12-16(2)14-21-23(28)25(15-22(26)27)24(30)31-21/h1,7-8,10-14,18H,15H2,2H3,(H,26,27)/b16-12+,20-13+,21-14-. The van der Waals surface area contributed by atoms with Gasteiger partial charge in [-0.15, -0.1) is 6.42 Å². The third kappa shape index (κ3) is 5.27. The summed E-state index contributed by atoms with van der Waals surface area (Å²) >= 11 is 6.18. The summed E-state index contributed by atoms with van der Waals surface area (Å²) in [6.07, 6.45) is 10.4. The number of allylic oxidation sites excluding steroid dienone is 5. The molecule has 0 spiro atoms. The van der Waals surface area contributed by atoms with Crippen LogP contribution in [0.25, 0.3) is 0 Å². The lowest BCUT2D eigenvalue weighted by Crippen LogP contribution is -2.33. The van der Waals surface area contributed by atoms with Gasteiger partial charge in [0.15, 0.2) is 0 Å². The van der Waals surface area contributed by atoms with Gasteiger partial charge in [-0.1, -0.05) is 54.2 Å². The van der Waals surface area contributed by atoms with E-state index in [4.69, 9.17) is 28.5 Å². The van der Waals surface area contributed by atoms with Crippen molar-refractivity contribution in [1.82, 2.24) is 4.90 Å². The van der Waals surface area contributed by atoms with E-state index in [2.05, 4.69) is 29.6 Å². The van der Waals surface area contributed by atoms with E-state index < -0.39 is 18.4 Å².